The minimum absolute atomic E-state index is 0.0309. The molecule has 3 heteroatoms. The molecule has 1 aliphatic carbocycles. The summed E-state index contributed by atoms with van der Waals surface area (Å²) in [6.07, 6.45) is 2.90. The van der Waals surface area contributed by atoms with Crippen molar-refractivity contribution in [2.24, 2.45) is 5.41 Å². The highest BCUT2D eigenvalue weighted by Crippen LogP contribution is 2.42. The summed E-state index contributed by atoms with van der Waals surface area (Å²) in [5, 5.41) is 0. The van der Waals surface area contributed by atoms with Crippen LogP contribution in [0.25, 0.3) is 0 Å². The van der Waals surface area contributed by atoms with Crippen LogP contribution < -0.4 is 0 Å². The molecule has 0 radical (unpaired) electrons. The summed E-state index contributed by atoms with van der Waals surface area (Å²) in [5.74, 6) is -0.318. The molecule has 1 aromatic rings. The Morgan fingerprint density at radius 2 is 2.22 bits per heavy atom. The predicted molar refractivity (Wildman–Crippen MR) is 68.4 cm³/mol. The first-order valence-electron chi connectivity index (χ1n) is 5.93. The summed E-state index contributed by atoms with van der Waals surface area (Å²) in [7, 11) is 1.34. The number of carbonyl (C=O) groups excluding carboxylic acids is 2. The molecule has 0 N–H and O–H groups in total. The van der Waals surface area contributed by atoms with Gasteiger partial charge < -0.3 is 4.74 Å². The second-order valence-electron chi connectivity index (χ2n) is 4.69. The van der Waals surface area contributed by atoms with E-state index in [4.69, 9.17) is 4.74 Å². The molecule has 0 aliphatic heterocycles. The highest BCUT2D eigenvalue weighted by molar-refractivity contribution is 6.06. The summed E-state index contributed by atoms with van der Waals surface area (Å²) < 4.78 is 4.71. The van der Waals surface area contributed by atoms with Crippen LogP contribution in [0.5, 0.6) is 0 Å². The number of ketones is 1. The number of carbonyl (C=O) groups is 2. The fourth-order valence-electron chi connectivity index (χ4n) is 2.63. The van der Waals surface area contributed by atoms with Gasteiger partial charge in [-0.05, 0) is 18.4 Å². The molecule has 1 unspecified atom stereocenters. The maximum absolute atomic E-state index is 12.5. The Kier molecular flexibility index (Phi) is 3.32. The maximum atomic E-state index is 12.5. The minimum Gasteiger partial charge on any atom is -0.469 e. The highest BCUT2D eigenvalue weighted by atomic mass is 16.5. The molecule has 1 aromatic carbocycles. The molecule has 0 saturated heterocycles. The van der Waals surface area contributed by atoms with Gasteiger partial charge in [-0.1, -0.05) is 30.3 Å². The predicted octanol–water partition coefficient (Wildman–Crippen LogP) is 2.55. The third kappa shape index (κ3) is 1.96. The Bertz CT molecular complexity index is 504. The van der Waals surface area contributed by atoms with Crippen molar-refractivity contribution in [3.63, 3.8) is 0 Å². The van der Waals surface area contributed by atoms with Crippen LogP contribution in [0.4, 0.5) is 0 Å². The molecule has 18 heavy (non-hydrogen) atoms. The van der Waals surface area contributed by atoms with Gasteiger partial charge in [-0.25, -0.2) is 0 Å². The van der Waals surface area contributed by atoms with Crippen molar-refractivity contribution in [2.45, 2.75) is 19.3 Å². The first-order chi connectivity index (χ1) is 8.63. The molecule has 0 saturated carbocycles. The lowest BCUT2D eigenvalue weighted by Crippen LogP contribution is -2.31. The average Bonchev–Trinajstić information content (AvgIpc) is 2.64. The Morgan fingerprint density at radius 1 is 1.50 bits per heavy atom. The van der Waals surface area contributed by atoms with E-state index >= 15 is 0 Å². The van der Waals surface area contributed by atoms with Gasteiger partial charge >= 0.3 is 5.97 Å². The zero-order valence-electron chi connectivity index (χ0n) is 10.4. The Morgan fingerprint density at radius 3 is 2.83 bits per heavy atom. The second-order valence-corrected chi connectivity index (χ2v) is 4.69. The fraction of sp³-hybridized carbons (Fsp3) is 0.333. The lowest BCUT2D eigenvalue weighted by molar-refractivity contribution is -0.142. The number of hydrogen-bond acceptors (Lipinski definition) is 3. The van der Waals surface area contributed by atoms with Gasteiger partial charge in [0.05, 0.1) is 18.9 Å². The zero-order chi connectivity index (χ0) is 13.2. The van der Waals surface area contributed by atoms with E-state index in [2.05, 4.69) is 6.58 Å². The molecule has 0 amide bonds. The number of rotatable bonds is 4. The van der Waals surface area contributed by atoms with Crippen LogP contribution >= 0.6 is 0 Å². The highest BCUT2D eigenvalue weighted by Gasteiger charge is 2.45. The van der Waals surface area contributed by atoms with Crippen molar-refractivity contribution >= 4 is 11.8 Å². The number of methoxy groups -OCH3 is 1. The van der Waals surface area contributed by atoms with Crippen molar-refractivity contribution in [3.8, 4) is 0 Å². The van der Waals surface area contributed by atoms with E-state index in [0.29, 0.717) is 12.8 Å². The van der Waals surface area contributed by atoms with Gasteiger partial charge in [0.1, 0.15) is 0 Å². The first-order valence-corrected chi connectivity index (χ1v) is 5.93. The molecule has 1 atom stereocenters. The van der Waals surface area contributed by atoms with E-state index in [0.717, 1.165) is 11.1 Å². The number of fused-ring (bicyclic) bond motifs is 1. The topological polar surface area (TPSA) is 43.4 Å². The number of hydrogen-bond donors (Lipinski definition) is 0. The van der Waals surface area contributed by atoms with Gasteiger partial charge in [0.25, 0.3) is 0 Å². The molecule has 0 heterocycles. The Labute approximate surface area is 106 Å². The SMILES string of the molecule is C=CCC1(CC(=O)OC)Cc2ccccc2C1=O. The second kappa shape index (κ2) is 4.77. The molecule has 1 aliphatic rings. The average molecular weight is 244 g/mol. The molecular formula is C15H16O3. The molecule has 3 nitrogen and oxygen atoms in total. The van der Waals surface area contributed by atoms with Crippen LogP contribution in [0.1, 0.15) is 28.8 Å². The van der Waals surface area contributed by atoms with Gasteiger partial charge in [0.15, 0.2) is 5.78 Å². The van der Waals surface area contributed by atoms with Crippen molar-refractivity contribution in [1.29, 1.82) is 0 Å². The number of ether oxygens (including phenoxy) is 1. The lowest BCUT2D eigenvalue weighted by atomic mass is 9.77. The molecule has 0 bridgehead atoms. The minimum atomic E-state index is -0.696. The summed E-state index contributed by atoms with van der Waals surface area (Å²) >= 11 is 0. The smallest absolute Gasteiger partial charge is 0.306 e. The number of benzene rings is 1. The van der Waals surface area contributed by atoms with Gasteiger partial charge in [-0.3, -0.25) is 9.59 Å². The van der Waals surface area contributed by atoms with Gasteiger partial charge in [-0.2, -0.15) is 0 Å². The zero-order valence-corrected chi connectivity index (χ0v) is 10.4. The number of esters is 1. The van der Waals surface area contributed by atoms with Crippen molar-refractivity contribution < 1.29 is 14.3 Å². The lowest BCUT2D eigenvalue weighted by Gasteiger charge is -2.24. The van der Waals surface area contributed by atoms with Gasteiger partial charge in [0, 0.05) is 5.56 Å². The van der Waals surface area contributed by atoms with Gasteiger partial charge in [0.2, 0.25) is 0 Å². The summed E-state index contributed by atoms with van der Waals surface area (Å²) in [4.78, 5) is 24.0. The molecular weight excluding hydrogens is 228 g/mol. The number of allylic oxidation sites excluding steroid dienone is 1. The molecule has 0 fully saturated rings. The number of Topliss-reactive ketones (excluding diaryl/α,β-unsaturated/α-hetero) is 1. The van der Waals surface area contributed by atoms with Crippen LogP contribution in [-0.4, -0.2) is 18.9 Å². The summed E-state index contributed by atoms with van der Waals surface area (Å²) in [5.41, 5.74) is 1.04. The van der Waals surface area contributed by atoms with E-state index in [9.17, 15) is 9.59 Å². The van der Waals surface area contributed by atoms with Gasteiger partial charge in [-0.15, -0.1) is 6.58 Å². The van der Waals surface area contributed by atoms with Crippen LogP contribution in [0.2, 0.25) is 0 Å². The van der Waals surface area contributed by atoms with Crippen molar-refractivity contribution in [1.82, 2.24) is 0 Å². The third-order valence-electron chi connectivity index (χ3n) is 3.52. The van der Waals surface area contributed by atoms with Crippen LogP contribution in [0.3, 0.4) is 0 Å². The van der Waals surface area contributed by atoms with E-state index in [1.807, 2.05) is 24.3 Å². The molecule has 0 spiro atoms. The van der Waals surface area contributed by atoms with Crippen LogP contribution in [0, 0.1) is 5.41 Å². The van der Waals surface area contributed by atoms with Crippen LogP contribution in [-0.2, 0) is 16.0 Å². The Hall–Kier alpha value is -1.90. The normalized spacial score (nSPS) is 21.5. The maximum Gasteiger partial charge on any atom is 0.306 e. The quantitative estimate of drug-likeness (QED) is 0.604. The van der Waals surface area contributed by atoms with E-state index in [-0.39, 0.29) is 18.2 Å². The van der Waals surface area contributed by atoms with E-state index in [1.54, 1.807) is 6.08 Å². The Balaban J connectivity index is 2.37. The van der Waals surface area contributed by atoms with E-state index < -0.39 is 5.41 Å². The van der Waals surface area contributed by atoms with E-state index in [1.165, 1.54) is 7.11 Å². The molecule has 94 valence electrons. The van der Waals surface area contributed by atoms with Crippen molar-refractivity contribution in [2.75, 3.05) is 7.11 Å². The van der Waals surface area contributed by atoms with Crippen LogP contribution in [0.15, 0.2) is 36.9 Å². The largest absolute Gasteiger partial charge is 0.469 e. The summed E-state index contributed by atoms with van der Waals surface area (Å²) in [6.45, 7) is 3.70. The standard InChI is InChI=1S/C15H16O3/c1-3-8-15(10-13(16)18-2)9-11-6-4-5-7-12(11)14(15)17/h3-7H,1,8-10H2,2H3. The molecule has 2 rings (SSSR count). The third-order valence-corrected chi connectivity index (χ3v) is 3.52. The first kappa shape index (κ1) is 12.6. The van der Waals surface area contributed by atoms with Crippen molar-refractivity contribution in [3.05, 3.63) is 48.0 Å². The molecule has 0 aromatic heterocycles. The monoisotopic (exact) mass is 244 g/mol. The summed E-state index contributed by atoms with van der Waals surface area (Å²) in [6, 6.07) is 7.52. The fourth-order valence-corrected chi connectivity index (χ4v) is 2.63.